The first-order valence-electron chi connectivity index (χ1n) is 5.69. The van der Waals surface area contributed by atoms with Crippen LogP contribution in [0.3, 0.4) is 0 Å². The second-order valence-corrected chi connectivity index (χ2v) is 5.71. The first kappa shape index (κ1) is 14.6. The summed E-state index contributed by atoms with van der Waals surface area (Å²) in [6.45, 7) is 3.94. The van der Waals surface area contributed by atoms with Crippen molar-refractivity contribution in [3.8, 4) is 0 Å². The van der Waals surface area contributed by atoms with Gasteiger partial charge in [-0.15, -0.1) is 0 Å². The van der Waals surface area contributed by atoms with Gasteiger partial charge >= 0.3 is 0 Å². The minimum absolute atomic E-state index is 0.0277. The van der Waals surface area contributed by atoms with Gasteiger partial charge in [0.15, 0.2) is 0 Å². The minimum Gasteiger partial charge on any atom is -0.317 e. The van der Waals surface area contributed by atoms with E-state index in [-0.39, 0.29) is 5.02 Å². The van der Waals surface area contributed by atoms with Crippen LogP contribution >= 0.6 is 11.6 Å². The molecule has 0 aliphatic heterocycles. The van der Waals surface area contributed by atoms with Crippen molar-refractivity contribution in [1.82, 2.24) is 5.32 Å². The van der Waals surface area contributed by atoms with Crippen molar-refractivity contribution in [2.24, 2.45) is 0 Å². The molecule has 1 N–H and O–H groups in total. The molecule has 0 aliphatic carbocycles. The highest BCUT2D eigenvalue weighted by atomic mass is 35.5. The molecule has 0 amide bonds. The lowest BCUT2D eigenvalue weighted by atomic mass is 10.3. The average molecular weight is 278 g/mol. The average Bonchev–Trinajstić information content (AvgIpc) is 2.32. The van der Waals surface area contributed by atoms with Gasteiger partial charge < -0.3 is 5.32 Å². The molecule has 5 heteroatoms. The summed E-state index contributed by atoms with van der Waals surface area (Å²) in [4.78, 5) is 0.590. The Morgan fingerprint density at radius 3 is 2.82 bits per heavy atom. The Labute approximate surface area is 109 Å². The molecular formula is C12H17ClFNOS. The Morgan fingerprint density at radius 1 is 1.41 bits per heavy atom. The number of rotatable bonds is 7. The van der Waals surface area contributed by atoms with Crippen molar-refractivity contribution in [1.29, 1.82) is 0 Å². The minimum atomic E-state index is -1.10. The molecule has 1 unspecified atom stereocenters. The molecule has 0 bridgehead atoms. The lowest BCUT2D eigenvalue weighted by molar-refractivity contribution is 0.626. The summed E-state index contributed by atoms with van der Waals surface area (Å²) in [5.74, 6) is 0.0932. The summed E-state index contributed by atoms with van der Waals surface area (Å²) in [5.41, 5.74) is 0. The number of hydrogen-bond donors (Lipinski definition) is 1. The summed E-state index contributed by atoms with van der Waals surface area (Å²) in [6.07, 6.45) is 1.93. The van der Waals surface area contributed by atoms with Gasteiger partial charge in [0.25, 0.3) is 0 Å². The van der Waals surface area contributed by atoms with Crippen molar-refractivity contribution in [3.05, 3.63) is 29.0 Å². The normalized spacial score (nSPS) is 12.6. The van der Waals surface area contributed by atoms with E-state index in [9.17, 15) is 8.60 Å². The molecule has 1 aromatic rings. The third-order valence-electron chi connectivity index (χ3n) is 2.26. The maximum atomic E-state index is 12.9. The monoisotopic (exact) mass is 277 g/mol. The van der Waals surface area contributed by atoms with E-state index >= 15 is 0 Å². The molecule has 0 saturated carbocycles. The van der Waals surface area contributed by atoms with Crippen LogP contribution in [0.25, 0.3) is 0 Å². The van der Waals surface area contributed by atoms with Crippen molar-refractivity contribution in [3.63, 3.8) is 0 Å². The predicted molar refractivity (Wildman–Crippen MR) is 70.5 cm³/mol. The zero-order valence-electron chi connectivity index (χ0n) is 9.84. The molecule has 17 heavy (non-hydrogen) atoms. The van der Waals surface area contributed by atoms with Gasteiger partial charge in [0, 0.05) is 10.6 Å². The van der Waals surface area contributed by atoms with E-state index in [0.29, 0.717) is 10.6 Å². The largest absolute Gasteiger partial charge is 0.317 e. The van der Waals surface area contributed by atoms with Gasteiger partial charge in [0.05, 0.1) is 15.8 Å². The van der Waals surface area contributed by atoms with Crippen LogP contribution < -0.4 is 5.32 Å². The molecule has 2 nitrogen and oxygen atoms in total. The number of halogens is 2. The third kappa shape index (κ3) is 5.15. The molecule has 0 heterocycles. The maximum Gasteiger partial charge on any atom is 0.141 e. The van der Waals surface area contributed by atoms with E-state index in [2.05, 4.69) is 12.2 Å². The fourth-order valence-electron chi connectivity index (χ4n) is 1.37. The van der Waals surface area contributed by atoms with Gasteiger partial charge in [-0.3, -0.25) is 4.21 Å². The zero-order valence-corrected chi connectivity index (χ0v) is 11.4. The summed E-state index contributed by atoms with van der Waals surface area (Å²) in [5, 5.41) is 3.27. The van der Waals surface area contributed by atoms with Crippen molar-refractivity contribution in [2.45, 2.75) is 24.7 Å². The zero-order chi connectivity index (χ0) is 12.7. The first-order chi connectivity index (χ1) is 8.15. The fraction of sp³-hybridized carbons (Fsp3) is 0.500. The molecule has 1 rings (SSSR count). The first-order valence-corrected chi connectivity index (χ1v) is 7.39. The quantitative estimate of drug-likeness (QED) is 0.777. The van der Waals surface area contributed by atoms with E-state index in [4.69, 9.17) is 11.6 Å². The van der Waals surface area contributed by atoms with Gasteiger partial charge in [-0.1, -0.05) is 18.5 Å². The maximum absolute atomic E-state index is 12.9. The van der Waals surface area contributed by atoms with Crippen molar-refractivity contribution >= 4 is 22.4 Å². The van der Waals surface area contributed by atoms with Crippen molar-refractivity contribution in [2.75, 3.05) is 18.8 Å². The highest BCUT2D eigenvalue weighted by Gasteiger charge is 2.06. The molecule has 1 aromatic carbocycles. The molecule has 0 spiro atoms. The second kappa shape index (κ2) is 7.80. The second-order valence-electron chi connectivity index (χ2n) is 3.73. The smallest absolute Gasteiger partial charge is 0.141 e. The van der Waals surface area contributed by atoms with E-state index in [1.54, 1.807) is 0 Å². The van der Waals surface area contributed by atoms with Crippen LogP contribution in [0.15, 0.2) is 23.1 Å². The lowest BCUT2D eigenvalue weighted by Crippen LogP contribution is -2.17. The van der Waals surface area contributed by atoms with Crippen LogP contribution in [0.5, 0.6) is 0 Å². The Balaban J connectivity index is 2.39. The molecule has 0 fully saturated rings. The number of nitrogens with one attached hydrogen (secondary N) is 1. The highest BCUT2D eigenvalue weighted by molar-refractivity contribution is 7.85. The van der Waals surface area contributed by atoms with Crippen LogP contribution in [-0.2, 0) is 10.8 Å². The van der Waals surface area contributed by atoms with Crippen LogP contribution in [-0.4, -0.2) is 23.1 Å². The molecule has 0 aromatic heterocycles. The molecule has 96 valence electrons. The fourth-order valence-corrected chi connectivity index (χ4v) is 2.72. The Bertz CT molecular complexity index is 387. The number of benzene rings is 1. The molecule has 0 radical (unpaired) electrons. The van der Waals surface area contributed by atoms with Crippen molar-refractivity contribution < 1.29 is 8.60 Å². The van der Waals surface area contributed by atoms with Gasteiger partial charge in [-0.25, -0.2) is 4.39 Å². The Hall–Kier alpha value is -0.450. The molecule has 0 saturated heterocycles. The van der Waals surface area contributed by atoms with Gasteiger partial charge in [0.2, 0.25) is 0 Å². The predicted octanol–water partition coefficient (Wildman–Crippen LogP) is 2.98. The SMILES string of the molecule is CCCNCCCS(=O)c1ccc(F)c(Cl)c1. The molecule has 1 atom stereocenters. The summed E-state index contributed by atoms with van der Waals surface area (Å²) in [6, 6.07) is 4.22. The van der Waals surface area contributed by atoms with E-state index in [0.717, 1.165) is 25.9 Å². The Kier molecular flexibility index (Phi) is 6.70. The molecule has 0 aliphatic rings. The van der Waals surface area contributed by atoms with E-state index in [1.165, 1.54) is 18.2 Å². The van der Waals surface area contributed by atoms with E-state index in [1.807, 2.05) is 0 Å². The summed E-state index contributed by atoms with van der Waals surface area (Å²) >= 11 is 5.64. The molecular weight excluding hydrogens is 261 g/mol. The topological polar surface area (TPSA) is 29.1 Å². The van der Waals surface area contributed by atoms with Crippen LogP contribution in [0, 0.1) is 5.82 Å². The summed E-state index contributed by atoms with van der Waals surface area (Å²) in [7, 11) is -1.10. The van der Waals surface area contributed by atoms with Crippen LogP contribution in [0.4, 0.5) is 4.39 Å². The van der Waals surface area contributed by atoms with Gasteiger partial charge in [0.1, 0.15) is 5.82 Å². The van der Waals surface area contributed by atoms with Crippen LogP contribution in [0.1, 0.15) is 19.8 Å². The van der Waals surface area contributed by atoms with Gasteiger partial charge in [-0.2, -0.15) is 0 Å². The Morgan fingerprint density at radius 2 is 2.18 bits per heavy atom. The standard InChI is InChI=1S/C12H17ClFNOS/c1-2-6-15-7-3-8-17(16)10-4-5-12(14)11(13)9-10/h4-5,9,15H,2-3,6-8H2,1H3. The van der Waals surface area contributed by atoms with Gasteiger partial charge in [-0.05, 0) is 44.1 Å². The highest BCUT2D eigenvalue weighted by Crippen LogP contribution is 2.18. The third-order valence-corrected chi connectivity index (χ3v) is 3.99. The van der Waals surface area contributed by atoms with Crippen LogP contribution in [0.2, 0.25) is 5.02 Å². The summed E-state index contributed by atoms with van der Waals surface area (Å²) < 4.78 is 24.8. The number of hydrogen-bond acceptors (Lipinski definition) is 2. The lowest BCUT2D eigenvalue weighted by Gasteiger charge is -2.04. The van der Waals surface area contributed by atoms with E-state index < -0.39 is 16.6 Å².